The molecule has 2 atom stereocenters. The molecule has 5 heteroatoms. The number of nitrogens with zero attached hydrogens (tertiary/aromatic N) is 1. The second-order valence-corrected chi connectivity index (χ2v) is 5.46. The molecule has 1 aromatic rings. The summed E-state index contributed by atoms with van der Waals surface area (Å²) in [6.07, 6.45) is 1.20. The Morgan fingerprint density at radius 3 is 2.81 bits per heavy atom. The smallest absolute Gasteiger partial charge is 0.223 e. The lowest BCUT2D eigenvalue weighted by molar-refractivity contribution is -0.139. The highest BCUT2D eigenvalue weighted by Crippen LogP contribution is 2.14. The molecule has 0 aliphatic carbocycles. The Balaban J connectivity index is 1.83. The molecule has 1 saturated heterocycles. The van der Waals surface area contributed by atoms with Crippen LogP contribution in [0.2, 0.25) is 0 Å². The van der Waals surface area contributed by atoms with Gasteiger partial charge in [-0.15, -0.1) is 0 Å². The Labute approximate surface area is 126 Å². The van der Waals surface area contributed by atoms with E-state index in [1.165, 1.54) is 0 Å². The number of benzene rings is 1. The zero-order chi connectivity index (χ0) is 15.2. The average Bonchev–Trinajstić information content (AvgIpc) is 2.53. The van der Waals surface area contributed by atoms with Gasteiger partial charge >= 0.3 is 0 Å². The van der Waals surface area contributed by atoms with Gasteiger partial charge in [0, 0.05) is 25.6 Å². The summed E-state index contributed by atoms with van der Waals surface area (Å²) in [6, 6.07) is 7.77. The number of ether oxygens (including phenoxy) is 2. The summed E-state index contributed by atoms with van der Waals surface area (Å²) in [5, 5.41) is 0. The van der Waals surface area contributed by atoms with Gasteiger partial charge in [0.1, 0.15) is 5.75 Å². The fourth-order valence-corrected chi connectivity index (χ4v) is 2.42. The summed E-state index contributed by atoms with van der Waals surface area (Å²) in [6.45, 7) is 3.74. The molecule has 2 unspecified atom stereocenters. The van der Waals surface area contributed by atoms with Crippen molar-refractivity contribution in [2.45, 2.75) is 31.9 Å². The Bertz CT molecular complexity index is 459. The standard InChI is InChI=1S/C16H24N2O3/c1-12(17)15-11-18(9-10-21-15)16(19)8-5-13-3-6-14(20-2)7-4-13/h3-4,6-7,12,15H,5,8-11,17H2,1-2H3. The van der Waals surface area contributed by atoms with Crippen molar-refractivity contribution in [2.75, 3.05) is 26.8 Å². The molecular formula is C16H24N2O3. The Hall–Kier alpha value is -1.59. The van der Waals surface area contributed by atoms with Crippen molar-refractivity contribution >= 4 is 5.91 Å². The predicted octanol–water partition coefficient (Wildman–Crippen LogP) is 1.20. The van der Waals surface area contributed by atoms with Crippen molar-refractivity contribution in [3.8, 4) is 5.75 Å². The van der Waals surface area contributed by atoms with Gasteiger partial charge in [0.15, 0.2) is 0 Å². The van der Waals surface area contributed by atoms with Crippen molar-refractivity contribution < 1.29 is 14.3 Å². The van der Waals surface area contributed by atoms with E-state index in [-0.39, 0.29) is 18.1 Å². The number of nitrogens with two attached hydrogens (primary N) is 1. The third-order valence-electron chi connectivity index (χ3n) is 3.82. The summed E-state index contributed by atoms with van der Waals surface area (Å²) in [4.78, 5) is 14.1. The minimum Gasteiger partial charge on any atom is -0.497 e. The van der Waals surface area contributed by atoms with Crippen LogP contribution in [-0.2, 0) is 16.0 Å². The molecule has 5 nitrogen and oxygen atoms in total. The van der Waals surface area contributed by atoms with E-state index in [2.05, 4.69) is 0 Å². The van der Waals surface area contributed by atoms with Gasteiger partial charge in [-0.05, 0) is 31.0 Å². The van der Waals surface area contributed by atoms with Gasteiger partial charge in [-0.1, -0.05) is 12.1 Å². The van der Waals surface area contributed by atoms with Crippen LogP contribution in [0.3, 0.4) is 0 Å². The minimum atomic E-state index is -0.0535. The van der Waals surface area contributed by atoms with E-state index in [1.807, 2.05) is 36.1 Å². The van der Waals surface area contributed by atoms with Gasteiger partial charge < -0.3 is 20.1 Å². The van der Waals surface area contributed by atoms with Crippen molar-refractivity contribution in [1.82, 2.24) is 4.90 Å². The molecule has 1 fully saturated rings. The van der Waals surface area contributed by atoms with Crippen LogP contribution in [0.4, 0.5) is 0 Å². The molecule has 2 N–H and O–H groups in total. The first-order chi connectivity index (χ1) is 10.1. The summed E-state index contributed by atoms with van der Waals surface area (Å²) in [5.41, 5.74) is 6.99. The number of morpholine rings is 1. The fraction of sp³-hybridized carbons (Fsp3) is 0.562. The van der Waals surface area contributed by atoms with Crippen molar-refractivity contribution in [2.24, 2.45) is 5.73 Å². The molecule has 21 heavy (non-hydrogen) atoms. The molecule has 0 aromatic heterocycles. The molecule has 2 rings (SSSR count). The number of carbonyl (C=O) groups is 1. The molecule has 0 bridgehead atoms. The molecule has 116 valence electrons. The van der Waals surface area contributed by atoms with Gasteiger partial charge in [-0.25, -0.2) is 0 Å². The third-order valence-corrected chi connectivity index (χ3v) is 3.82. The number of methoxy groups -OCH3 is 1. The fourth-order valence-electron chi connectivity index (χ4n) is 2.42. The quantitative estimate of drug-likeness (QED) is 0.886. The normalized spacial score (nSPS) is 20.1. The van der Waals surface area contributed by atoms with Crippen LogP contribution in [0, 0.1) is 0 Å². The predicted molar refractivity (Wildman–Crippen MR) is 81.3 cm³/mol. The Kier molecular flexibility index (Phi) is 5.59. The maximum absolute atomic E-state index is 12.3. The van der Waals surface area contributed by atoms with E-state index in [0.29, 0.717) is 26.1 Å². The van der Waals surface area contributed by atoms with Crippen LogP contribution in [0.1, 0.15) is 18.9 Å². The highest BCUT2D eigenvalue weighted by molar-refractivity contribution is 5.76. The number of rotatable bonds is 5. The topological polar surface area (TPSA) is 64.8 Å². The SMILES string of the molecule is COc1ccc(CCC(=O)N2CCOC(C(C)N)C2)cc1. The third kappa shape index (κ3) is 4.44. The van der Waals surface area contributed by atoms with E-state index in [9.17, 15) is 4.79 Å². The van der Waals surface area contributed by atoms with Crippen LogP contribution in [0.15, 0.2) is 24.3 Å². The highest BCUT2D eigenvalue weighted by Gasteiger charge is 2.26. The van der Waals surface area contributed by atoms with Crippen molar-refractivity contribution in [1.29, 1.82) is 0 Å². The van der Waals surface area contributed by atoms with Crippen molar-refractivity contribution in [3.05, 3.63) is 29.8 Å². The molecular weight excluding hydrogens is 268 g/mol. The molecule has 0 saturated carbocycles. The molecule has 1 aliphatic heterocycles. The number of amides is 1. The molecule has 1 aromatic carbocycles. The van der Waals surface area contributed by atoms with Crippen LogP contribution in [-0.4, -0.2) is 49.8 Å². The lowest BCUT2D eigenvalue weighted by atomic mass is 10.1. The second kappa shape index (κ2) is 7.43. The molecule has 1 amide bonds. The number of carbonyl (C=O) groups excluding carboxylic acids is 1. The van der Waals surface area contributed by atoms with E-state index >= 15 is 0 Å². The van der Waals surface area contributed by atoms with Crippen LogP contribution in [0.5, 0.6) is 5.75 Å². The lowest BCUT2D eigenvalue weighted by Gasteiger charge is -2.34. The number of hydrogen-bond acceptors (Lipinski definition) is 4. The average molecular weight is 292 g/mol. The lowest BCUT2D eigenvalue weighted by Crippen LogP contribution is -2.51. The summed E-state index contributed by atoms with van der Waals surface area (Å²) >= 11 is 0. The van der Waals surface area contributed by atoms with Crippen LogP contribution in [0.25, 0.3) is 0 Å². The van der Waals surface area contributed by atoms with Crippen molar-refractivity contribution in [3.63, 3.8) is 0 Å². The number of hydrogen-bond donors (Lipinski definition) is 1. The first-order valence-corrected chi connectivity index (χ1v) is 7.38. The minimum absolute atomic E-state index is 0.0521. The van der Waals surface area contributed by atoms with Gasteiger partial charge in [0.25, 0.3) is 0 Å². The zero-order valence-corrected chi connectivity index (χ0v) is 12.7. The maximum atomic E-state index is 12.3. The Morgan fingerprint density at radius 1 is 1.48 bits per heavy atom. The van der Waals surface area contributed by atoms with Gasteiger partial charge in [-0.2, -0.15) is 0 Å². The van der Waals surface area contributed by atoms with Gasteiger partial charge in [-0.3, -0.25) is 4.79 Å². The number of aryl methyl sites for hydroxylation is 1. The second-order valence-electron chi connectivity index (χ2n) is 5.46. The zero-order valence-electron chi connectivity index (χ0n) is 12.7. The monoisotopic (exact) mass is 292 g/mol. The largest absolute Gasteiger partial charge is 0.497 e. The van der Waals surface area contributed by atoms with E-state index in [4.69, 9.17) is 15.2 Å². The molecule has 1 aliphatic rings. The maximum Gasteiger partial charge on any atom is 0.223 e. The first kappa shape index (κ1) is 15.8. The van der Waals surface area contributed by atoms with E-state index < -0.39 is 0 Å². The van der Waals surface area contributed by atoms with Crippen LogP contribution >= 0.6 is 0 Å². The first-order valence-electron chi connectivity index (χ1n) is 7.38. The van der Waals surface area contributed by atoms with E-state index in [0.717, 1.165) is 17.7 Å². The summed E-state index contributed by atoms with van der Waals surface area (Å²) in [7, 11) is 1.64. The van der Waals surface area contributed by atoms with Gasteiger partial charge in [0.05, 0.1) is 19.8 Å². The highest BCUT2D eigenvalue weighted by atomic mass is 16.5. The summed E-state index contributed by atoms with van der Waals surface area (Å²) < 4.78 is 10.7. The molecule has 1 heterocycles. The Morgan fingerprint density at radius 2 is 2.19 bits per heavy atom. The van der Waals surface area contributed by atoms with Gasteiger partial charge in [0.2, 0.25) is 5.91 Å². The molecule has 0 spiro atoms. The molecule has 0 radical (unpaired) electrons. The van der Waals surface area contributed by atoms with E-state index in [1.54, 1.807) is 7.11 Å². The van der Waals surface area contributed by atoms with Crippen LogP contribution < -0.4 is 10.5 Å². The summed E-state index contributed by atoms with van der Waals surface area (Å²) in [5.74, 6) is 0.998.